The average Bonchev–Trinajstić information content (AvgIpc) is 2.58. The number of methoxy groups -OCH3 is 1. The molecular formula is C19H20FNO3. The summed E-state index contributed by atoms with van der Waals surface area (Å²) in [5, 5.41) is 9.36. The lowest BCUT2D eigenvalue weighted by atomic mass is 9.93. The standard InChI is InChI=1S/C19H20FNO3/c1-24-18-6-5-16(19(22)23)15-8-10-21(12-17(15)18)9-7-13-3-2-4-14(20)11-13/h2-6,11H,7-10,12H2,1H3,(H,22,23). The lowest BCUT2D eigenvalue weighted by molar-refractivity contribution is 0.0694. The molecule has 1 heterocycles. The monoisotopic (exact) mass is 329 g/mol. The number of nitrogens with zero attached hydrogens (tertiary/aromatic N) is 1. The number of aromatic carboxylic acids is 1. The summed E-state index contributed by atoms with van der Waals surface area (Å²) >= 11 is 0. The van der Waals surface area contributed by atoms with Crippen LogP contribution < -0.4 is 4.74 Å². The molecule has 2 aromatic carbocycles. The van der Waals surface area contributed by atoms with Gasteiger partial charge < -0.3 is 9.84 Å². The van der Waals surface area contributed by atoms with E-state index in [2.05, 4.69) is 4.90 Å². The molecule has 4 nitrogen and oxygen atoms in total. The minimum atomic E-state index is -0.901. The Morgan fingerprint density at radius 1 is 1.29 bits per heavy atom. The van der Waals surface area contributed by atoms with Gasteiger partial charge in [0.1, 0.15) is 11.6 Å². The van der Waals surface area contributed by atoms with Crippen LogP contribution in [0.1, 0.15) is 27.0 Å². The minimum absolute atomic E-state index is 0.218. The zero-order chi connectivity index (χ0) is 17.1. The van der Waals surface area contributed by atoms with Crippen molar-refractivity contribution in [3.05, 3.63) is 64.5 Å². The van der Waals surface area contributed by atoms with E-state index in [-0.39, 0.29) is 5.82 Å². The van der Waals surface area contributed by atoms with Crippen LogP contribution in [0.3, 0.4) is 0 Å². The highest BCUT2D eigenvalue weighted by Crippen LogP contribution is 2.31. The van der Waals surface area contributed by atoms with Crippen LogP contribution in [0, 0.1) is 5.82 Å². The summed E-state index contributed by atoms with van der Waals surface area (Å²) in [5.41, 5.74) is 3.13. The maximum absolute atomic E-state index is 13.3. The Hall–Kier alpha value is -2.40. The summed E-state index contributed by atoms with van der Waals surface area (Å²) in [6.45, 7) is 2.23. The quantitative estimate of drug-likeness (QED) is 0.916. The molecule has 0 saturated heterocycles. The minimum Gasteiger partial charge on any atom is -0.496 e. The first-order valence-corrected chi connectivity index (χ1v) is 7.97. The van der Waals surface area contributed by atoms with Crippen molar-refractivity contribution in [3.8, 4) is 5.75 Å². The van der Waals surface area contributed by atoms with Crippen LogP contribution in [0.2, 0.25) is 0 Å². The molecule has 0 unspecified atom stereocenters. The number of benzene rings is 2. The molecule has 2 aromatic rings. The summed E-state index contributed by atoms with van der Waals surface area (Å²) in [6.07, 6.45) is 1.44. The first kappa shape index (κ1) is 16.5. The van der Waals surface area contributed by atoms with Crippen LogP contribution in [-0.4, -0.2) is 36.2 Å². The van der Waals surface area contributed by atoms with E-state index in [9.17, 15) is 14.3 Å². The predicted molar refractivity (Wildman–Crippen MR) is 89.0 cm³/mol. The Morgan fingerprint density at radius 2 is 2.12 bits per heavy atom. The molecule has 0 aliphatic carbocycles. The fourth-order valence-corrected chi connectivity index (χ4v) is 3.27. The molecular weight excluding hydrogens is 309 g/mol. The van der Waals surface area contributed by atoms with E-state index in [0.29, 0.717) is 18.5 Å². The molecule has 0 radical (unpaired) electrons. The number of fused-ring (bicyclic) bond motifs is 1. The van der Waals surface area contributed by atoms with Crippen LogP contribution in [-0.2, 0) is 19.4 Å². The number of hydrogen-bond donors (Lipinski definition) is 1. The number of carbonyl (C=O) groups is 1. The third-order valence-electron chi connectivity index (χ3n) is 4.50. The maximum atomic E-state index is 13.3. The predicted octanol–water partition coefficient (Wildman–Crippen LogP) is 3.13. The molecule has 0 spiro atoms. The molecule has 0 aromatic heterocycles. The molecule has 0 fully saturated rings. The second-order valence-electron chi connectivity index (χ2n) is 5.98. The number of ether oxygens (including phenoxy) is 1. The van der Waals surface area contributed by atoms with Crippen molar-refractivity contribution in [3.63, 3.8) is 0 Å². The topological polar surface area (TPSA) is 49.8 Å². The molecule has 5 heteroatoms. The largest absolute Gasteiger partial charge is 0.496 e. The lowest BCUT2D eigenvalue weighted by Gasteiger charge is -2.30. The molecule has 0 amide bonds. The SMILES string of the molecule is COc1ccc(C(=O)O)c2c1CN(CCc1cccc(F)c1)CC2. The van der Waals surface area contributed by atoms with E-state index in [1.165, 1.54) is 6.07 Å². The fraction of sp³-hybridized carbons (Fsp3) is 0.316. The van der Waals surface area contributed by atoms with Crippen molar-refractivity contribution in [2.75, 3.05) is 20.2 Å². The Bertz CT molecular complexity index is 760. The van der Waals surface area contributed by atoms with Crippen molar-refractivity contribution in [1.29, 1.82) is 0 Å². The van der Waals surface area contributed by atoms with E-state index in [1.54, 1.807) is 31.4 Å². The Labute approximate surface area is 140 Å². The highest BCUT2D eigenvalue weighted by molar-refractivity contribution is 5.90. The van der Waals surface area contributed by atoms with Gasteiger partial charge in [-0.05, 0) is 48.2 Å². The number of rotatable bonds is 5. The van der Waals surface area contributed by atoms with Crippen LogP contribution in [0.15, 0.2) is 36.4 Å². The highest BCUT2D eigenvalue weighted by atomic mass is 19.1. The maximum Gasteiger partial charge on any atom is 0.335 e. The van der Waals surface area contributed by atoms with Crippen molar-refractivity contribution in [1.82, 2.24) is 4.90 Å². The van der Waals surface area contributed by atoms with Gasteiger partial charge in [0.15, 0.2) is 0 Å². The molecule has 3 rings (SSSR count). The summed E-state index contributed by atoms with van der Waals surface area (Å²) in [5.74, 6) is -0.392. The molecule has 0 saturated carbocycles. The van der Waals surface area contributed by atoms with Gasteiger partial charge in [-0.15, -0.1) is 0 Å². The molecule has 1 aliphatic rings. The van der Waals surface area contributed by atoms with E-state index in [0.717, 1.165) is 42.0 Å². The second-order valence-corrected chi connectivity index (χ2v) is 5.98. The van der Waals surface area contributed by atoms with Gasteiger partial charge in [-0.25, -0.2) is 9.18 Å². The molecule has 1 aliphatic heterocycles. The van der Waals surface area contributed by atoms with Gasteiger partial charge in [0, 0.05) is 25.2 Å². The normalized spacial score (nSPS) is 14.2. The van der Waals surface area contributed by atoms with Gasteiger partial charge in [0.05, 0.1) is 12.7 Å². The summed E-state index contributed by atoms with van der Waals surface area (Å²) < 4.78 is 18.7. The van der Waals surface area contributed by atoms with E-state index in [4.69, 9.17) is 4.74 Å². The summed E-state index contributed by atoms with van der Waals surface area (Å²) in [4.78, 5) is 13.7. The van der Waals surface area contributed by atoms with Gasteiger partial charge in [-0.2, -0.15) is 0 Å². The molecule has 1 N–H and O–H groups in total. The first-order chi connectivity index (χ1) is 11.6. The van der Waals surface area contributed by atoms with Crippen molar-refractivity contribution >= 4 is 5.97 Å². The lowest BCUT2D eigenvalue weighted by Crippen LogP contribution is -2.33. The third kappa shape index (κ3) is 3.41. The van der Waals surface area contributed by atoms with Gasteiger partial charge >= 0.3 is 5.97 Å². The van der Waals surface area contributed by atoms with Crippen molar-refractivity contribution in [2.24, 2.45) is 0 Å². The molecule has 126 valence electrons. The van der Waals surface area contributed by atoms with E-state index in [1.807, 2.05) is 6.07 Å². The van der Waals surface area contributed by atoms with Crippen molar-refractivity contribution < 1.29 is 19.0 Å². The Morgan fingerprint density at radius 3 is 2.83 bits per heavy atom. The third-order valence-corrected chi connectivity index (χ3v) is 4.50. The fourth-order valence-electron chi connectivity index (χ4n) is 3.27. The molecule has 0 atom stereocenters. The zero-order valence-electron chi connectivity index (χ0n) is 13.6. The van der Waals surface area contributed by atoms with Gasteiger partial charge in [-0.3, -0.25) is 4.90 Å². The van der Waals surface area contributed by atoms with Crippen LogP contribution in [0.5, 0.6) is 5.75 Å². The van der Waals surface area contributed by atoms with Crippen LogP contribution >= 0.6 is 0 Å². The number of carboxylic acid groups (broad SMARTS) is 1. The van der Waals surface area contributed by atoms with E-state index < -0.39 is 5.97 Å². The second kappa shape index (κ2) is 7.01. The summed E-state index contributed by atoms with van der Waals surface area (Å²) in [6, 6.07) is 9.98. The zero-order valence-corrected chi connectivity index (χ0v) is 13.6. The number of hydrogen-bond acceptors (Lipinski definition) is 3. The van der Waals surface area contributed by atoms with Crippen molar-refractivity contribution in [2.45, 2.75) is 19.4 Å². The first-order valence-electron chi connectivity index (χ1n) is 7.97. The Balaban J connectivity index is 1.76. The van der Waals surface area contributed by atoms with Gasteiger partial charge in [0.25, 0.3) is 0 Å². The van der Waals surface area contributed by atoms with Crippen LogP contribution in [0.25, 0.3) is 0 Å². The van der Waals surface area contributed by atoms with Gasteiger partial charge in [-0.1, -0.05) is 12.1 Å². The Kier molecular flexibility index (Phi) is 4.81. The van der Waals surface area contributed by atoms with Gasteiger partial charge in [0.2, 0.25) is 0 Å². The van der Waals surface area contributed by atoms with E-state index >= 15 is 0 Å². The van der Waals surface area contributed by atoms with Crippen LogP contribution in [0.4, 0.5) is 4.39 Å². The highest BCUT2D eigenvalue weighted by Gasteiger charge is 2.24. The smallest absolute Gasteiger partial charge is 0.335 e. The molecule has 0 bridgehead atoms. The average molecular weight is 329 g/mol. The summed E-state index contributed by atoms with van der Waals surface area (Å²) in [7, 11) is 1.60. The molecule has 24 heavy (non-hydrogen) atoms. The number of carboxylic acids is 1. The number of halogens is 1.